The molecule has 1 aliphatic heterocycles. The Morgan fingerprint density at radius 1 is 0.963 bits per heavy atom. The van der Waals surface area contributed by atoms with Crippen molar-refractivity contribution >= 4 is 17.5 Å². The fraction of sp³-hybridized carbons (Fsp3) is 0.364. The van der Waals surface area contributed by atoms with E-state index in [9.17, 15) is 9.59 Å². The van der Waals surface area contributed by atoms with Gasteiger partial charge in [-0.1, -0.05) is 43.3 Å². The monoisotopic (exact) mass is 365 g/mol. The molecular weight excluding hydrogens is 338 g/mol. The van der Waals surface area contributed by atoms with E-state index in [1.165, 1.54) is 0 Å². The Balaban J connectivity index is 1.52. The van der Waals surface area contributed by atoms with Crippen molar-refractivity contribution in [2.45, 2.75) is 20.3 Å². The largest absolute Gasteiger partial charge is 0.336 e. The summed E-state index contributed by atoms with van der Waals surface area (Å²) < 4.78 is 0. The van der Waals surface area contributed by atoms with Crippen LogP contribution in [-0.4, -0.2) is 54.3 Å². The van der Waals surface area contributed by atoms with Crippen molar-refractivity contribution in [3.8, 4) is 0 Å². The summed E-state index contributed by atoms with van der Waals surface area (Å²) in [6.07, 6.45) is 0.886. The second-order valence-corrected chi connectivity index (χ2v) is 6.95. The zero-order chi connectivity index (χ0) is 19.2. The van der Waals surface area contributed by atoms with Crippen LogP contribution in [0.15, 0.2) is 48.5 Å². The predicted octanol–water partition coefficient (Wildman–Crippen LogP) is 2.95. The van der Waals surface area contributed by atoms with E-state index in [2.05, 4.69) is 23.2 Å². The molecule has 5 nitrogen and oxygen atoms in total. The number of piperazine rings is 1. The third-order valence-corrected chi connectivity index (χ3v) is 5.05. The fourth-order valence-electron chi connectivity index (χ4n) is 3.46. The molecule has 5 heteroatoms. The minimum Gasteiger partial charge on any atom is -0.336 e. The Bertz CT molecular complexity index is 796. The Kier molecular flexibility index (Phi) is 6.24. The highest BCUT2D eigenvalue weighted by molar-refractivity contribution is 5.95. The van der Waals surface area contributed by atoms with Gasteiger partial charge < -0.3 is 10.2 Å². The van der Waals surface area contributed by atoms with E-state index in [4.69, 9.17) is 0 Å². The van der Waals surface area contributed by atoms with Crippen LogP contribution in [0.4, 0.5) is 5.69 Å². The number of nitrogens with zero attached hydrogens (tertiary/aromatic N) is 2. The normalized spacial score (nSPS) is 14.8. The molecule has 0 aliphatic carbocycles. The molecule has 3 rings (SSSR count). The number of para-hydroxylation sites is 1. The van der Waals surface area contributed by atoms with Gasteiger partial charge in [0.25, 0.3) is 5.91 Å². The molecule has 0 atom stereocenters. The lowest BCUT2D eigenvalue weighted by molar-refractivity contribution is -0.117. The van der Waals surface area contributed by atoms with Crippen LogP contribution in [0.1, 0.15) is 28.4 Å². The number of hydrogen-bond acceptors (Lipinski definition) is 3. The van der Waals surface area contributed by atoms with Gasteiger partial charge in [-0.15, -0.1) is 0 Å². The van der Waals surface area contributed by atoms with E-state index in [0.717, 1.165) is 28.8 Å². The Morgan fingerprint density at radius 2 is 1.67 bits per heavy atom. The summed E-state index contributed by atoms with van der Waals surface area (Å²) in [6.45, 7) is 7.17. The van der Waals surface area contributed by atoms with Gasteiger partial charge in [0.1, 0.15) is 0 Å². The second-order valence-electron chi connectivity index (χ2n) is 6.95. The molecule has 2 aromatic rings. The highest BCUT2D eigenvalue weighted by Gasteiger charge is 2.23. The van der Waals surface area contributed by atoms with Crippen LogP contribution in [0, 0.1) is 6.92 Å². The summed E-state index contributed by atoms with van der Waals surface area (Å²) in [7, 11) is 0. The molecular formula is C22H27N3O2. The van der Waals surface area contributed by atoms with Gasteiger partial charge in [-0.3, -0.25) is 14.5 Å². The van der Waals surface area contributed by atoms with Gasteiger partial charge in [-0.05, 0) is 36.6 Å². The standard InChI is InChI=1S/C22H27N3O2/c1-3-18-11-7-8-17(2)21(18)23-20(26)16-24-12-14-25(15-13-24)22(27)19-9-5-4-6-10-19/h4-11H,3,12-16H2,1-2H3,(H,23,26). The van der Waals surface area contributed by atoms with Gasteiger partial charge in [0.15, 0.2) is 0 Å². The van der Waals surface area contributed by atoms with Gasteiger partial charge in [0.05, 0.1) is 6.54 Å². The highest BCUT2D eigenvalue weighted by atomic mass is 16.2. The molecule has 0 spiro atoms. The van der Waals surface area contributed by atoms with Crippen molar-refractivity contribution in [3.05, 3.63) is 65.2 Å². The van der Waals surface area contributed by atoms with E-state index >= 15 is 0 Å². The number of carbonyl (C=O) groups excluding carboxylic acids is 2. The SMILES string of the molecule is CCc1cccc(C)c1NC(=O)CN1CCN(C(=O)c2ccccc2)CC1. The summed E-state index contributed by atoms with van der Waals surface area (Å²) in [6, 6.07) is 15.4. The highest BCUT2D eigenvalue weighted by Crippen LogP contribution is 2.21. The topological polar surface area (TPSA) is 52.7 Å². The lowest BCUT2D eigenvalue weighted by Crippen LogP contribution is -2.50. The van der Waals surface area contributed by atoms with Crippen molar-refractivity contribution in [3.63, 3.8) is 0 Å². The van der Waals surface area contributed by atoms with E-state index in [1.807, 2.05) is 54.3 Å². The number of anilines is 1. The fourth-order valence-corrected chi connectivity index (χ4v) is 3.46. The number of carbonyl (C=O) groups is 2. The van der Waals surface area contributed by atoms with Gasteiger partial charge in [-0.2, -0.15) is 0 Å². The molecule has 0 saturated carbocycles. The smallest absolute Gasteiger partial charge is 0.253 e. The van der Waals surface area contributed by atoms with E-state index < -0.39 is 0 Å². The van der Waals surface area contributed by atoms with Gasteiger partial charge >= 0.3 is 0 Å². The molecule has 1 aliphatic rings. The molecule has 2 aromatic carbocycles. The number of rotatable bonds is 5. The number of benzene rings is 2. The lowest BCUT2D eigenvalue weighted by atomic mass is 10.1. The van der Waals surface area contributed by atoms with E-state index in [1.54, 1.807) is 0 Å². The molecule has 1 saturated heterocycles. The summed E-state index contributed by atoms with van der Waals surface area (Å²) in [5, 5.41) is 3.08. The first-order valence-electron chi connectivity index (χ1n) is 9.53. The van der Waals surface area contributed by atoms with Crippen molar-refractivity contribution < 1.29 is 9.59 Å². The van der Waals surface area contributed by atoms with Crippen LogP contribution in [0.3, 0.4) is 0 Å². The molecule has 0 aromatic heterocycles. The molecule has 0 radical (unpaired) electrons. The van der Waals surface area contributed by atoms with Crippen LogP contribution in [0.25, 0.3) is 0 Å². The first-order chi connectivity index (χ1) is 13.1. The van der Waals surface area contributed by atoms with Crippen LogP contribution in [-0.2, 0) is 11.2 Å². The Labute approximate surface area is 161 Å². The van der Waals surface area contributed by atoms with Gasteiger partial charge in [0, 0.05) is 37.4 Å². The molecule has 2 amide bonds. The minimum absolute atomic E-state index is 0.00170. The van der Waals surface area contributed by atoms with Crippen LogP contribution < -0.4 is 5.32 Å². The molecule has 142 valence electrons. The Hall–Kier alpha value is -2.66. The first-order valence-corrected chi connectivity index (χ1v) is 9.53. The maximum Gasteiger partial charge on any atom is 0.253 e. The Morgan fingerprint density at radius 3 is 2.33 bits per heavy atom. The van der Waals surface area contributed by atoms with E-state index in [-0.39, 0.29) is 11.8 Å². The maximum atomic E-state index is 12.5. The number of amides is 2. The molecule has 1 N–H and O–H groups in total. The number of aryl methyl sites for hydroxylation is 2. The van der Waals surface area contributed by atoms with Gasteiger partial charge in [0.2, 0.25) is 5.91 Å². The predicted molar refractivity (Wildman–Crippen MR) is 108 cm³/mol. The number of nitrogens with one attached hydrogen (secondary N) is 1. The summed E-state index contributed by atoms with van der Waals surface area (Å²) in [4.78, 5) is 29.0. The summed E-state index contributed by atoms with van der Waals surface area (Å²) in [5.41, 5.74) is 3.89. The lowest BCUT2D eigenvalue weighted by Gasteiger charge is -2.34. The first kappa shape index (κ1) is 19.1. The number of hydrogen-bond donors (Lipinski definition) is 1. The van der Waals surface area contributed by atoms with Crippen molar-refractivity contribution in [1.29, 1.82) is 0 Å². The average molecular weight is 365 g/mol. The molecule has 1 fully saturated rings. The van der Waals surface area contributed by atoms with Gasteiger partial charge in [-0.25, -0.2) is 0 Å². The quantitative estimate of drug-likeness (QED) is 0.886. The average Bonchev–Trinajstić information content (AvgIpc) is 2.70. The maximum absolute atomic E-state index is 12.5. The van der Waals surface area contributed by atoms with E-state index in [0.29, 0.717) is 32.7 Å². The third-order valence-electron chi connectivity index (χ3n) is 5.05. The third kappa shape index (κ3) is 4.74. The second kappa shape index (κ2) is 8.82. The van der Waals surface area contributed by atoms with Crippen LogP contribution in [0.5, 0.6) is 0 Å². The van der Waals surface area contributed by atoms with Crippen molar-refractivity contribution in [1.82, 2.24) is 9.80 Å². The summed E-state index contributed by atoms with van der Waals surface area (Å²) >= 11 is 0. The molecule has 0 unspecified atom stereocenters. The van der Waals surface area contributed by atoms with Crippen LogP contribution >= 0.6 is 0 Å². The van der Waals surface area contributed by atoms with Crippen molar-refractivity contribution in [2.24, 2.45) is 0 Å². The zero-order valence-corrected chi connectivity index (χ0v) is 16.1. The van der Waals surface area contributed by atoms with Crippen molar-refractivity contribution in [2.75, 3.05) is 38.0 Å². The molecule has 0 bridgehead atoms. The zero-order valence-electron chi connectivity index (χ0n) is 16.1. The van der Waals surface area contributed by atoms with Crippen LogP contribution in [0.2, 0.25) is 0 Å². The molecule has 27 heavy (non-hydrogen) atoms. The summed E-state index contributed by atoms with van der Waals surface area (Å²) in [5.74, 6) is 0.0639. The molecule has 1 heterocycles. The minimum atomic E-state index is 0.00170.